The molecule has 0 N–H and O–H groups in total. The van der Waals surface area contributed by atoms with Gasteiger partial charge in [0.2, 0.25) is 0 Å². The minimum atomic E-state index is -0.182. The highest BCUT2D eigenvalue weighted by molar-refractivity contribution is 5.22. The van der Waals surface area contributed by atoms with Crippen LogP contribution in [0.2, 0.25) is 0 Å². The number of halogens is 1. The minimum absolute atomic E-state index is 0.182. The molecule has 0 amide bonds. The Balaban J connectivity index is 2.86. The summed E-state index contributed by atoms with van der Waals surface area (Å²) in [7, 11) is 0. The molecule has 0 saturated heterocycles. The van der Waals surface area contributed by atoms with Crippen LogP contribution in [-0.2, 0) is 13.0 Å². The molecule has 0 radical (unpaired) electrons. The summed E-state index contributed by atoms with van der Waals surface area (Å²) in [4.78, 5) is 4.11. The zero-order valence-corrected chi connectivity index (χ0v) is 10.5. The monoisotopic (exact) mass is 234 g/mol. The van der Waals surface area contributed by atoms with Crippen molar-refractivity contribution >= 4 is 0 Å². The largest absolute Gasteiger partial charge is 0.330 e. The Morgan fingerprint density at radius 1 is 1.59 bits per heavy atom. The Kier molecular flexibility index (Phi) is 5.40. The highest BCUT2D eigenvalue weighted by Crippen LogP contribution is 2.11. The molecule has 0 aliphatic rings. The lowest BCUT2D eigenvalue weighted by molar-refractivity contribution is 0.635. The van der Waals surface area contributed by atoms with Crippen molar-refractivity contribution in [2.45, 2.75) is 33.2 Å². The smallest absolute Gasteiger partial charge is 0.0972 e. The molecule has 1 aromatic rings. The van der Waals surface area contributed by atoms with Crippen molar-refractivity contribution < 1.29 is 4.39 Å². The molecule has 17 heavy (non-hydrogen) atoms. The van der Waals surface area contributed by atoms with Gasteiger partial charge in [0, 0.05) is 18.4 Å². The minimum Gasteiger partial charge on any atom is -0.330 e. The van der Waals surface area contributed by atoms with E-state index in [0.717, 1.165) is 24.1 Å². The fraction of sp³-hybridized carbons (Fsp3) is 0.357. The third kappa shape index (κ3) is 4.39. The Morgan fingerprint density at radius 2 is 2.35 bits per heavy atom. The molecule has 2 nitrogen and oxygen atoms in total. The van der Waals surface area contributed by atoms with Crippen molar-refractivity contribution in [3.8, 4) is 0 Å². The molecule has 1 rings (SSSR count). The van der Waals surface area contributed by atoms with Crippen LogP contribution in [0, 0.1) is 0 Å². The molecular formula is C14H19FN2. The number of allylic oxidation sites excluding steroid dienone is 5. The topological polar surface area (TPSA) is 17.8 Å². The molecule has 0 bridgehead atoms. The zero-order valence-electron chi connectivity index (χ0n) is 10.5. The van der Waals surface area contributed by atoms with Crippen molar-refractivity contribution in [2.24, 2.45) is 0 Å². The van der Waals surface area contributed by atoms with Gasteiger partial charge in [-0.15, -0.1) is 6.58 Å². The number of imidazole rings is 1. The van der Waals surface area contributed by atoms with Gasteiger partial charge in [0.1, 0.15) is 0 Å². The van der Waals surface area contributed by atoms with E-state index in [9.17, 15) is 4.39 Å². The van der Waals surface area contributed by atoms with Crippen molar-refractivity contribution in [1.82, 2.24) is 9.55 Å². The molecule has 0 atom stereocenters. The highest BCUT2D eigenvalue weighted by atomic mass is 19.1. The zero-order chi connectivity index (χ0) is 12.7. The van der Waals surface area contributed by atoms with Gasteiger partial charge in [-0.05, 0) is 31.4 Å². The van der Waals surface area contributed by atoms with Crippen LogP contribution in [-0.4, -0.2) is 9.55 Å². The van der Waals surface area contributed by atoms with E-state index in [2.05, 4.69) is 18.5 Å². The average molecular weight is 234 g/mol. The summed E-state index contributed by atoms with van der Waals surface area (Å²) >= 11 is 0. The van der Waals surface area contributed by atoms with Crippen LogP contribution in [0.3, 0.4) is 0 Å². The number of hydrogen-bond donors (Lipinski definition) is 0. The van der Waals surface area contributed by atoms with Crippen LogP contribution >= 0.6 is 0 Å². The summed E-state index contributed by atoms with van der Waals surface area (Å²) in [6.45, 7) is 7.85. The van der Waals surface area contributed by atoms with E-state index in [0.29, 0.717) is 6.54 Å². The average Bonchev–Trinajstić information content (AvgIpc) is 2.72. The first-order valence-electron chi connectivity index (χ1n) is 5.80. The maximum Gasteiger partial charge on any atom is 0.0972 e. The first-order chi connectivity index (χ1) is 8.17. The molecule has 0 fully saturated rings. The summed E-state index contributed by atoms with van der Waals surface area (Å²) in [6.07, 6.45) is 10.6. The quantitative estimate of drug-likeness (QED) is 0.540. The van der Waals surface area contributed by atoms with E-state index >= 15 is 0 Å². The number of rotatable bonds is 6. The van der Waals surface area contributed by atoms with E-state index in [1.54, 1.807) is 18.5 Å². The van der Waals surface area contributed by atoms with Gasteiger partial charge >= 0.3 is 0 Å². The van der Waals surface area contributed by atoms with Crippen LogP contribution in [0.25, 0.3) is 0 Å². The molecule has 0 aliphatic heterocycles. The SMILES string of the molecule is C=CC/C=C(\C=C(/C)F)Cn1cncc1CC. The third-order valence-corrected chi connectivity index (χ3v) is 2.44. The van der Waals surface area contributed by atoms with Gasteiger partial charge < -0.3 is 4.57 Å². The first-order valence-corrected chi connectivity index (χ1v) is 5.80. The molecule has 0 saturated carbocycles. The van der Waals surface area contributed by atoms with Gasteiger partial charge in [0.05, 0.1) is 12.2 Å². The third-order valence-electron chi connectivity index (χ3n) is 2.44. The first kappa shape index (κ1) is 13.4. The fourth-order valence-electron chi connectivity index (χ4n) is 1.64. The predicted molar refractivity (Wildman–Crippen MR) is 69.4 cm³/mol. The summed E-state index contributed by atoms with van der Waals surface area (Å²) in [5.74, 6) is -0.182. The number of hydrogen-bond acceptors (Lipinski definition) is 1. The highest BCUT2D eigenvalue weighted by Gasteiger charge is 2.02. The summed E-state index contributed by atoms with van der Waals surface area (Å²) in [5, 5.41) is 0. The van der Waals surface area contributed by atoms with E-state index in [-0.39, 0.29) is 5.83 Å². The lowest BCUT2D eigenvalue weighted by Gasteiger charge is -2.07. The van der Waals surface area contributed by atoms with Gasteiger partial charge in [-0.2, -0.15) is 0 Å². The Morgan fingerprint density at radius 3 is 2.94 bits per heavy atom. The predicted octanol–water partition coefficient (Wildman–Crippen LogP) is 3.82. The number of nitrogens with zero attached hydrogens (tertiary/aromatic N) is 2. The maximum atomic E-state index is 13.0. The summed E-state index contributed by atoms with van der Waals surface area (Å²) in [5.41, 5.74) is 2.09. The van der Waals surface area contributed by atoms with Crippen LogP contribution in [0.15, 0.2) is 48.7 Å². The van der Waals surface area contributed by atoms with Gasteiger partial charge in [-0.1, -0.05) is 19.1 Å². The van der Waals surface area contributed by atoms with Gasteiger partial charge in [0.15, 0.2) is 0 Å². The van der Waals surface area contributed by atoms with Crippen molar-refractivity contribution in [3.63, 3.8) is 0 Å². The Bertz CT molecular complexity index is 423. The second-order valence-corrected chi connectivity index (χ2v) is 3.90. The molecule has 92 valence electrons. The van der Waals surface area contributed by atoms with Gasteiger partial charge in [-0.3, -0.25) is 0 Å². The van der Waals surface area contributed by atoms with Crippen LogP contribution in [0.4, 0.5) is 4.39 Å². The molecule has 1 aromatic heterocycles. The van der Waals surface area contributed by atoms with Gasteiger partial charge in [0.25, 0.3) is 0 Å². The summed E-state index contributed by atoms with van der Waals surface area (Å²) < 4.78 is 15.0. The van der Waals surface area contributed by atoms with E-state index in [1.807, 2.05) is 16.8 Å². The Hall–Kier alpha value is -1.64. The second kappa shape index (κ2) is 6.84. The maximum absolute atomic E-state index is 13.0. The van der Waals surface area contributed by atoms with Crippen molar-refractivity contribution in [3.05, 3.63) is 54.4 Å². The van der Waals surface area contributed by atoms with E-state index in [1.165, 1.54) is 6.92 Å². The normalized spacial score (nSPS) is 12.9. The molecule has 3 heteroatoms. The standard InChI is InChI=1S/C14H19FN2/c1-4-6-7-13(8-12(3)15)10-17-11-16-9-14(17)5-2/h4,7-9,11H,1,5-6,10H2,2-3H3/b12-8+,13-7+. The fourth-order valence-corrected chi connectivity index (χ4v) is 1.64. The van der Waals surface area contributed by atoms with Crippen LogP contribution < -0.4 is 0 Å². The molecular weight excluding hydrogens is 215 g/mol. The van der Waals surface area contributed by atoms with Crippen molar-refractivity contribution in [1.29, 1.82) is 0 Å². The summed E-state index contributed by atoms with van der Waals surface area (Å²) in [6, 6.07) is 0. The molecule has 0 aromatic carbocycles. The lowest BCUT2D eigenvalue weighted by atomic mass is 10.2. The second-order valence-electron chi connectivity index (χ2n) is 3.90. The number of aromatic nitrogens is 2. The molecule has 0 spiro atoms. The molecule has 0 unspecified atom stereocenters. The molecule has 1 heterocycles. The Labute approximate surface area is 102 Å². The van der Waals surface area contributed by atoms with Crippen LogP contribution in [0.1, 0.15) is 26.0 Å². The van der Waals surface area contributed by atoms with Crippen molar-refractivity contribution in [2.75, 3.05) is 0 Å². The lowest BCUT2D eigenvalue weighted by Crippen LogP contribution is -2.02. The van der Waals surface area contributed by atoms with E-state index in [4.69, 9.17) is 0 Å². The van der Waals surface area contributed by atoms with E-state index < -0.39 is 0 Å². The number of aryl methyl sites for hydroxylation is 1. The van der Waals surface area contributed by atoms with Gasteiger partial charge in [-0.25, -0.2) is 9.37 Å². The van der Waals surface area contributed by atoms with Crippen LogP contribution in [0.5, 0.6) is 0 Å². The molecule has 0 aliphatic carbocycles.